The Morgan fingerprint density at radius 1 is 1.10 bits per heavy atom. The van der Waals surface area contributed by atoms with E-state index in [2.05, 4.69) is 17.2 Å². The van der Waals surface area contributed by atoms with Crippen LogP contribution in [0.25, 0.3) is 15.9 Å². The van der Waals surface area contributed by atoms with Crippen LogP contribution in [0.1, 0.15) is 12.5 Å². The van der Waals surface area contributed by atoms with Crippen molar-refractivity contribution in [1.29, 1.82) is 0 Å². The second-order valence-corrected chi connectivity index (χ2v) is 8.25. The maximum Gasteiger partial charge on any atom is 0.276 e. The normalized spacial score (nSPS) is 10.9. The molecule has 1 N–H and O–H groups in total. The summed E-state index contributed by atoms with van der Waals surface area (Å²) in [5, 5.41) is 5.26. The van der Waals surface area contributed by atoms with Crippen LogP contribution in [0.2, 0.25) is 0 Å². The number of fused-ring (bicyclic) bond motifs is 1. The lowest BCUT2D eigenvalue weighted by molar-refractivity contribution is -0.113. The fourth-order valence-corrected chi connectivity index (χ4v) is 4.52. The van der Waals surface area contributed by atoms with Crippen LogP contribution in [0.15, 0.2) is 76.0 Å². The lowest BCUT2D eigenvalue weighted by Crippen LogP contribution is -2.22. The minimum atomic E-state index is -0.140. The number of benzene rings is 2. The van der Waals surface area contributed by atoms with Crippen molar-refractivity contribution < 1.29 is 4.79 Å². The van der Waals surface area contributed by atoms with Gasteiger partial charge in [-0.05, 0) is 47.7 Å². The highest BCUT2D eigenvalue weighted by Gasteiger charge is 2.15. The third-order valence-corrected chi connectivity index (χ3v) is 6.27. The van der Waals surface area contributed by atoms with Gasteiger partial charge in [-0.25, -0.2) is 4.98 Å². The number of thioether (sulfide) groups is 1. The van der Waals surface area contributed by atoms with Crippen molar-refractivity contribution in [2.75, 3.05) is 11.1 Å². The van der Waals surface area contributed by atoms with Gasteiger partial charge in [0.15, 0.2) is 5.16 Å². The molecule has 0 saturated heterocycles. The molecule has 0 fully saturated rings. The van der Waals surface area contributed by atoms with E-state index in [1.807, 2.05) is 66.0 Å². The highest BCUT2D eigenvalue weighted by Crippen LogP contribution is 2.23. The monoisotopic (exact) mass is 421 g/mol. The van der Waals surface area contributed by atoms with Gasteiger partial charge in [0.05, 0.1) is 17.0 Å². The SMILES string of the molecule is CCc1ccc(NC(=O)CSc2nc3ccsc3c(=O)n2-c2ccccc2)cc1. The molecule has 1 amide bonds. The number of nitrogens with one attached hydrogen (secondary N) is 1. The summed E-state index contributed by atoms with van der Waals surface area (Å²) < 4.78 is 2.19. The second kappa shape index (κ2) is 8.63. The maximum absolute atomic E-state index is 13.0. The largest absolute Gasteiger partial charge is 0.325 e. The van der Waals surface area contributed by atoms with Crippen LogP contribution in [0.4, 0.5) is 5.69 Å². The van der Waals surface area contributed by atoms with E-state index >= 15 is 0 Å². The van der Waals surface area contributed by atoms with Gasteiger partial charge in [-0.1, -0.05) is 49.0 Å². The van der Waals surface area contributed by atoms with E-state index in [-0.39, 0.29) is 17.2 Å². The first kappa shape index (κ1) is 19.4. The minimum absolute atomic E-state index is 0.116. The number of carbonyl (C=O) groups excluding carboxylic acids is 1. The van der Waals surface area contributed by atoms with Gasteiger partial charge in [0.25, 0.3) is 5.56 Å². The van der Waals surface area contributed by atoms with Gasteiger partial charge in [-0.15, -0.1) is 11.3 Å². The maximum atomic E-state index is 13.0. The van der Waals surface area contributed by atoms with E-state index in [1.165, 1.54) is 28.7 Å². The summed E-state index contributed by atoms with van der Waals surface area (Å²) in [5.41, 5.74) is 3.25. The van der Waals surface area contributed by atoms with Gasteiger partial charge in [0, 0.05) is 5.69 Å². The molecule has 0 radical (unpaired) electrons. The van der Waals surface area contributed by atoms with Gasteiger partial charge < -0.3 is 5.32 Å². The van der Waals surface area contributed by atoms with Crippen molar-refractivity contribution in [3.8, 4) is 5.69 Å². The van der Waals surface area contributed by atoms with E-state index in [9.17, 15) is 9.59 Å². The van der Waals surface area contributed by atoms with E-state index in [0.29, 0.717) is 15.4 Å². The van der Waals surface area contributed by atoms with Gasteiger partial charge in [-0.3, -0.25) is 14.2 Å². The molecule has 7 heteroatoms. The number of amides is 1. The molecule has 4 aromatic rings. The van der Waals surface area contributed by atoms with Crippen molar-refractivity contribution in [1.82, 2.24) is 9.55 Å². The fraction of sp³-hybridized carbons (Fsp3) is 0.136. The Morgan fingerprint density at radius 3 is 2.59 bits per heavy atom. The Kier molecular flexibility index (Phi) is 5.78. The lowest BCUT2D eigenvalue weighted by atomic mass is 10.1. The standard InChI is InChI=1S/C22H19N3O2S2/c1-2-15-8-10-16(11-9-15)23-19(26)14-29-22-24-18-12-13-28-20(18)21(27)25(22)17-6-4-3-5-7-17/h3-13H,2,14H2,1H3,(H,23,26). The predicted octanol–water partition coefficient (Wildman–Crippen LogP) is 4.74. The molecule has 0 unspecified atom stereocenters. The third-order valence-electron chi connectivity index (χ3n) is 4.44. The number of hydrogen-bond donors (Lipinski definition) is 1. The van der Waals surface area contributed by atoms with Crippen molar-refractivity contribution in [3.05, 3.63) is 82.0 Å². The van der Waals surface area contributed by atoms with Crippen LogP contribution in [-0.4, -0.2) is 21.2 Å². The first-order chi connectivity index (χ1) is 14.2. The lowest BCUT2D eigenvalue weighted by Gasteiger charge is -2.12. The number of carbonyl (C=O) groups is 1. The predicted molar refractivity (Wildman–Crippen MR) is 120 cm³/mol. The molecule has 0 saturated carbocycles. The Balaban J connectivity index is 1.58. The number of para-hydroxylation sites is 1. The third kappa shape index (κ3) is 4.26. The van der Waals surface area contributed by atoms with Gasteiger partial charge in [0.2, 0.25) is 5.91 Å². The fourth-order valence-electron chi connectivity index (χ4n) is 2.94. The van der Waals surface area contributed by atoms with Crippen LogP contribution in [0.3, 0.4) is 0 Å². The number of anilines is 1. The summed E-state index contributed by atoms with van der Waals surface area (Å²) >= 11 is 2.63. The molecule has 0 bridgehead atoms. The smallest absolute Gasteiger partial charge is 0.276 e. The van der Waals surface area contributed by atoms with Crippen molar-refractivity contribution in [3.63, 3.8) is 0 Å². The highest BCUT2D eigenvalue weighted by molar-refractivity contribution is 7.99. The zero-order valence-electron chi connectivity index (χ0n) is 15.8. The average Bonchev–Trinajstić information content (AvgIpc) is 3.22. The number of thiophene rings is 1. The van der Waals surface area contributed by atoms with Crippen LogP contribution in [0.5, 0.6) is 0 Å². The average molecular weight is 422 g/mol. The van der Waals surface area contributed by atoms with E-state index in [1.54, 1.807) is 4.57 Å². The van der Waals surface area contributed by atoms with Gasteiger partial charge in [0.1, 0.15) is 4.70 Å². The zero-order valence-corrected chi connectivity index (χ0v) is 17.4. The molecule has 2 heterocycles. The topological polar surface area (TPSA) is 64.0 Å². The molecule has 0 atom stereocenters. The molecule has 146 valence electrons. The van der Waals surface area contributed by atoms with E-state index < -0.39 is 0 Å². The summed E-state index contributed by atoms with van der Waals surface area (Å²) in [4.78, 5) is 30.1. The molecule has 2 aromatic heterocycles. The molecule has 0 aliphatic rings. The molecular formula is C22H19N3O2S2. The number of rotatable bonds is 6. The second-order valence-electron chi connectivity index (χ2n) is 6.39. The molecule has 0 spiro atoms. The first-order valence-electron chi connectivity index (χ1n) is 9.23. The number of hydrogen-bond acceptors (Lipinski definition) is 5. The quantitative estimate of drug-likeness (QED) is 0.361. The van der Waals surface area contributed by atoms with Crippen molar-refractivity contribution in [2.45, 2.75) is 18.5 Å². The molecular weight excluding hydrogens is 402 g/mol. The summed E-state index contributed by atoms with van der Waals surface area (Å²) in [6, 6.07) is 19.0. The van der Waals surface area contributed by atoms with Crippen molar-refractivity contribution in [2.24, 2.45) is 0 Å². The van der Waals surface area contributed by atoms with Crippen LogP contribution in [0, 0.1) is 0 Å². The number of nitrogens with zero attached hydrogens (tertiary/aromatic N) is 2. The molecule has 0 aliphatic heterocycles. The molecule has 2 aromatic carbocycles. The minimum Gasteiger partial charge on any atom is -0.325 e. The molecule has 4 rings (SSSR count). The van der Waals surface area contributed by atoms with Crippen LogP contribution < -0.4 is 10.9 Å². The summed E-state index contributed by atoms with van der Waals surface area (Å²) in [6.45, 7) is 2.09. The van der Waals surface area contributed by atoms with Gasteiger partial charge >= 0.3 is 0 Å². The van der Waals surface area contributed by atoms with E-state index in [0.717, 1.165) is 17.8 Å². The van der Waals surface area contributed by atoms with E-state index in [4.69, 9.17) is 0 Å². The first-order valence-corrected chi connectivity index (χ1v) is 11.1. The van der Waals surface area contributed by atoms with Crippen LogP contribution in [-0.2, 0) is 11.2 Å². The Bertz CT molecular complexity index is 1200. The van der Waals surface area contributed by atoms with Crippen molar-refractivity contribution >= 4 is 44.9 Å². The Hall–Kier alpha value is -2.90. The summed E-state index contributed by atoms with van der Waals surface area (Å²) in [5.74, 6) is 0.0169. The molecule has 5 nitrogen and oxygen atoms in total. The van der Waals surface area contributed by atoms with Gasteiger partial charge in [-0.2, -0.15) is 0 Å². The molecule has 0 aliphatic carbocycles. The Morgan fingerprint density at radius 2 is 1.86 bits per heavy atom. The summed E-state index contributed by atoms with van der Waals surface area (Å²) in [6.07, 6.45) is 0.956. The number of aryl methyl sites for hydroxylation is 1. The highest BCUT2D eigenvalue weighted by atomic mass is 32.2. The Labute approximate surface area is 176 Å². The molecule has 29 heavy (non-hydrogen) atoms. The summed E-state index contributed by atoms with van der Waals surface area (Å²) in [7, 11) is 0. The van der Waals surface area contributed by atoms with Crippen LogP contribution >= 0.6 is 23.1 Å². The zero-order chi connectivity index (χ0) is 20.2. The number of aromatic nitrogens is 2.